The Morgan fingerprint density at radius 2 is 2.08 bits per heavy atom. The van der Waals surface area contributed by atoms with Crippen molar-refractivity contribution >= 4 is 27.5 Å². The van der Waals surface area contributed by atoms with Crippen LogP contribution in [-0.2, 0) is 9.47 Å². The molecule has 0 amide bonds. The maximum atomic E-state index is 12.7. The number of quaternary nitrogens is 1. The standard InChI is InChI=1S/C18H25N3O4S/c1-6-24-18(23)14-11(4)13-16(22)19-15(20-17(13)26-14)12(5)21-7-9(2)25-10(3)8-21/h9-10,12H,6-8H2,1-5H3,(H,19,20,22)/p+1/t9-,10-,12+/m1/s1. The van der Waals surface area contributed by atoms with Crippen LogP contribution in [0.15, 0.2) is 4.79 Å². The van der Waals surface area contributed by atoms with E-state index in [-0.39, 0.29) is 23.8 Å². The first-order chi connectivity index (χ1) is 12.3. The van der Waals surface area contributed by atoms with E-state index in [2.05, 4.69) is 30.7 Å². The van der Waals surface area contributed by atoms with E-state index >= 15 is 0 Å². The lowest BCUT2D eigenvalue weighted by atomic mass is 10.1. The SMILES string of the molecule is CCOC(=O)c1sc2nc([C@H](C)[NH+]3C[C@@H](C)O[C@H](C)C3)[nH]c(=O)c2c1C. The molecule has 1 aliphatic rings. The van der Waals surface area contributed by atoms with Crippen molar-refractivity contribution in [3.05, 3.63) is 26.6 Å². The third kappa shape index (κ3) is 3.54. The van der Waals surface area contributed by atoms with E-state index in [9.17, 15) is 9.59 Å². The molecule has 0 aliphatic carbocycles. The van der Waals surface area contributed by atoms with Gasteiger partial charge in [-0.2, -0.15) is 0 Å². The second-order valence-corrected chi connectivity index (χ2v) is 7.95. The number of aromatic nitrogens is 2. The highest BCUT2D eigenvalue weighted by molar-refractivity contribution is 7.20. The van der Waals surface area contributed by atoms with Crippen LogP contribution in [0.3, 0.4) is 0 Å². The van der Waals surface area contributed by atoms with Crippen molar-refractivity contribution in [2.24, 2.45) is 0 Å². The van der Waals surface area contributed by atoms with Crippen molar-refractivity contribution in [1.29, 1.82) is 0 Å². The number of nitrogens with one attached hydrogen (secondary N) is 2. The predicted octanol–water partition coefficient (Wildman–Crippen LogP) is 1.22. The van der Waals surface area contributed by atoms with Gasteiger partial charge in [0.15, 0.2) is 5.82 Å². The van der Waals surface area contributed by atoms with Crippen LogP contribution < -0.4 is 10.5 Å². The van der Waals surface area contributed by atoms with Gasteiger partial charge in [-0.3, -0.25) is 4.79 Å². The van der Waals surface area contributed by atoms with Crippen molar-refractivity contribution in [1.82, 2.24) is 9.97 Å². The first-order valence-electron chi connectivity index (χ1n) is 9.02. The zero-order valence-corrected chi connectivity index (χ0v) is 16.7. The topological polar surface area (TPSA) is 85.7 Å². The highest BCUT2D eigenvalue weighted by Crippen LogP contribution is 2.28. The Kier molecular flexibility index (Phi) is 5.45. The average Bonchev–Trinajstić information content (AvgIpc) is 2.90. The summed E-state index contributed by atoms with van der Waals surface area (Å²) in [5.41, 5.74) is 0.437. The molecule has 1 saturated heterocycles. The number of H-pyrrole nitrogens is 1. The minimum Gasteiger partial charge on any atom is -0.462 e. The van der Waals surface area contributed by atoms with Gasteiger partial charge >= 0.3 is 5.97 Å². The Hall–Kier alpha value is -1.77. The number of hydrogen-bond acceptors (Lipinski definition) is 6. The van der Waals surface area contributed by atoms with Crippen LogP contribution in [0.2, 0.25) is 0 Å². The molecule has 26 heavy (non-hydrogen) atoms. The number of ether oxygens (including phenoxy) is 2. The number of hydrogen-bond donors (Lipinski definition) is 2. The van der Waals surface area contributed by atoms with E-state index in [1.807, 2.05) is 0 Å². The molecule has 0 unspecified atom stereocenters. The summed E-state index contributed by atoms with van der Waals surface area (Å²) in [7, 11) is 0. The summed E-state index contributed by atoms with van der Waals surface area (Å²) >= 11 is 1.23. The molecule has 142 valence electrons. The summed E-state index contributed by atoms with van der Waals surface area (Å²) in [6.45, 7) is 11.8. The van der Waals surface area contributed by atoms with E-state index < -0.39 is 5.97 Å². The number of morpholine rings is 1. The zero-order valence-electron chi connectivity index (χ0n) is 15.8. The lowest BCUT2D eigenvalue weighted by Crippen LogP contribution is -3.15. The van der Waals surface area contributed by atoms with Gasteiger partial charge in [-0.15, -0.1) is 11.3 Å². The lowest BCUT2D eigenvalue weighted by molar-refractivity contribution is -0.944. The van der Waals surface area contributed by atoms with E-state index in [1.54, 1.807) is 13.8 Å². The fourth-order valence-corrected chi connectivity index (χ4v) is 4.70. The van der Waals surface area contributed by atoms with Gasteiger partial charge in [-0.25, -0.2) is 9.78 Å². The highest BCUT2D eigenvalue weighted by atomic mass is 32.1. The Bertz CT molecular complexity index is 865. The molecule has 7 nitrogen and oxygen atoms in total. The third-order valence-corrected chi connectivity index (χ3v) is 6.03. The van der Waals surface area contributed by atoms with E-state index in [0.29, 0.717) is 33.1 Å². The van der Waals surface area contributed by atoms with Gasteiger partial charge in [0.1, 0.15) is 41.0 Å². The van der Waals surface area contributed by atoms with Crippen LogP contribution in [0.5, 0.6) is 0 Å². The second-order valence-electron chi connectivity index (χ2n) is 6.95. The zero-order chi connectivity index (χ0) is 19.0. The molecule has 0 bridgehead atoms. The van der Waals surface area contributed by atoms with Gasteiger partial charge < -0.3 is 19.4 Å². The molecule has 3 rings (SSSR count). The van der Waals surface area contributed by atoms with E-state index in [4.69, 9.17) is 9.47 Å². The number of nitrogens with zero attached hydrogens (tertiary/aromatic N) is 1. The number of aryl methyl sites for hydroxylation is 1. The van der Waals surface area contributed by atoms with Gasteiger partial charge in [-0.05, 0) is 40.2 Å². The summed E-state index contributed by atoms with van der Waals surface area (Å²) in [6, 6.07) is 0.0364. The van der Waals surface area contributed by atoms with E-state index in [0.717, 1.165) is 13.1 Å². The Morgan fingerprint density at radius 3 is 2.69 bits per heavy atom. The molecule has 0 spiro atoms. The van der Waals surface area contributed by atoms with E-state index in [1.165, 1.54) is 16.2 Å². The lowest BCUT2D eigenvalue weighted by Gasteiger charge is -2.35. The molecular formula is C18H26N3O4S+. The molecule has 3 heterocycles. The summed E-state index contributed by atoms with van der Waals surface area (Å²) in [5, 5.41) is 0.479. The van der Waals surface area contributed by atoms with Crippen molar-refractivity contribution in [2.75, 3.05) is 19.7 Å². The number of carbonyl (C=O) groups is 1. The Morgan fingerprint density at radius 1 is 1.42 bits per heavy atom. The van der Waals surface area contributed by atoms with Crippen LogP contribution in [0, 0.1) is 6.92 Å². The molecule has 8 heteroatoms. The van der Waals surface area contributed by atoms with Gasteiger partial charge in [0.2, 0.25) is 0 Å². The largest absolute Gasteiger partial charge is 0.462 e. The van der Waals surface area contributed by atoms with Crippen molar-refractivity contribution < 1.29 is 19.2 Å². The number of aromatic amines is 1. The summed E-state index contributed by atoms with van der Waals surface area (Å²) in [6.07, 6.45) is 0.345. The smallest absolute Gasteiger partial charge is 0.348 e. The third-order valence-electron chi connectivity index (χ3n) is 4.87. The molecule has 1 fully saturated rings. The summed E-state index contributed by atoms with van der Waals surface area (Å²) in [4.78, 5) is 34.7. The molecule has 2 aromatic heterocycles. The first kappa shape index (κ1) is 19.0. The molecule has 0 aromatic carbocycles. The maximum absolute atomic E-state index is 12.7. The van der Waals surface area contributed by atoms with Crippen molar-refractivity contribution in [3.8, 4) is 0 Å². The first-order valence-corrected chi connectivity index (χ1v) is 9.83. The maximum Gasteiger partial charge on any atom is 0.348 e. The van der Waals surface area contributed by atoms with Crippen LogP contribution in [0.25, 0.3) is 10.2 Å². The Balaban J connectivity index is 1.98. The molecule has 2 N–H and O–H groups in total. The minimum absolute atomic E-state index is 0.0364. The average molecular weight is 380 g/mol. The predicted molar refractivity (Wildman–Crippen MR) is 100 cm³/mol. The molecule has 0 saturated carbocycles. The van der Waals surface area contributed by atoms with Gasteiger partial charge in [0, 0.05) is 0 Å². The quantitative estimate of drug-likeness (QED) is 0.779. The number of rotatable bonds is 4. The van der Waals surface area contributed by atoms with Gasteiger partial charge in [0.25, 0.3) is 5.56 Å². The van der Waals surface area contributed by atoms with Gasteiger partial charge in [0.05, 0.1) is 12.0 Å². The fraction of sp³-hybridized carbons (Fsp3) is 0.611. The van der Waals surface area contributed by atoms with Crippen LogP contribution in [0.1, 0.15) is 54.8 Å². The number of thiophene rings is 1. The van der Waals surface area contributed by atoms with Crippen molar-refractivity contribution in [2.45, 2.75) is 52.9 Å². The molecule has 2 aromatic rings. The molecule has 0 radical (unpaired) electrons. The number of carbonyl (C=O) groups excluding carboxylic acids is 1. The van der Waals surface area contributed by atoms with Crippen LogP contribution in [-0.4, -0.2) is 47.8 Å². The second kappa shape index (κ2) is 7.46. The Labute approximate surface area is 156 Å². The minimum atomic E-state index is -0.400. The molecular weight excluding hydrogens is 354 g/mol. The van der Waals surface area contributed by atoms with Crippen LogP contribution in [0.4, 0.5) is 0 Å². The summed E-state index contributed by atoms with van der Waals surface area (Å²) in [5.74, 6) is 0.249. The normalized spacial score (nSPS) is 24.6. The number of esters is 1. The van der Waals surface area contributed by atoms with Crippen LogP contribution >= 0.6 is 11.3 Å². The van der Waals surface area contributed by atoms with Crippen molar-refractivity contribution in [3.63, 3.8) is 0 Å². The van der Waals surface area contributed by atoms with Gasteiger partial charge in [-0.1, -0.05) is 0 Å². The summed E-state index contributed by atoms with van der Waals surface area (Å²) < 4.78 is 10.9. The fourth-order valence-electron chi connectivity index (χ4n) is 3.62. The monoisotopic (exact) mass is 380 g/mol. The highest BCUT2D eigenvalue weighted by Gasteiger charge is 2.32. The molecule has 1 aliphatic heterocycles. The molecule has 3 atom stereocenters. The number of fused-ring (bicyclic) bond motifs is 1.